The minimum atomic E-state index is -1.09. The summed E-state index contributed by atoms with van der Waals surface area (Å²) >= 11 is 14.0. The molecular formula is C12H7Cl2IN2O2. The number of aromatic nitrogens is 1. The molecule has 0 spiro atoms. The van der Waals surface area contributed by atoms with Crippen molar-refractivity contribution in [3.63, 3.8) is 0 Å². The van der Waals surface area contributed by atoms with E-state index in [1.54, 1.807) is 12.1 Å². The summed E-state index contributed by atoms with van der Waals surface area (Å²) < 4.78 is 0.961. The van der Waals surface area contributed by atoms with Crippen molar-refractivity contribution in [2.45, 2.75) is 0 Å². The second-order valence-corrected chi connectivity index (χ2v) is 5.62. The number of anilines is 2. The predicted molar refractivity (Wildman–Crippen MR) is 83.7 cm³/mol. The molecule has 0 aliphatic rings. The molecule has 2 N–H and O–H groups in total. The van der Waals surface area contributed by atoms with E-state index in [1.807, 2.05) is 6.07 Å². The van der Waals surface area contributed by atoms with Gasteiger partial charge in [0.1, 0.15) is 16.5 Å². The van der Waals surface area contributed by atoms with Gasteiger partial charge in [-0.3, -0.25) is 0 Å². The lowest BCUT2D eigenvalue weighted by Crippen LogP contribution is -2.05. The lowest BCUT2D eigenvalue weighted by atomic mass is 10.2. The van der Waals surface area contributed by atoms with Gasteiger partial charge in [-0.2, -0.15) is 0 Å². The number of rotatable bonds is 3. The first-order valence-electron chi connectivity index (χ1n) is 5.09. The van der Waals surface area contributed by atoms with E-state index in [0.29, 0.717) is 10.7 Å². The fraction of sp³-hybridized carbons (Fsp3) is 0. The molecule has 1 aromatic carbocycles. The number of carbonyl (C=O) groups is 1. The molecular weight excluding hydrogens is 402 g/mol. The second kappa shape index (κ2) is 5.94. The molecule has 98 valence electrons. The fourth-order valence-corrected chi connectivity index (χ4v) is 2.23. The van der Waals surface area contributed by atoms with Gasteiger partial charge in [0, 0.05) is 3.57 Å². The summed E-state index contributed by atoms with van der Waals surface area (Å²) in [4.78, 5) is 15.1. The highest BCUT2D eigenvalue weighted by atomic mass is 127. The van der Waals surface area contributed by atoms with Crippen LogP contribution in [0.25, 0.3) is 0 Å². The molecule has 2 aromatic rings. The van der Waals surface area contributed by atoms with Crippen LogP contribution in [-0.4, -0.2) is 16.1 Å². The maximum absolute atomic E-state index is 11.1. The van der Waals surface area contributed by atoms with E-state index in [0.717, 1.165) is 3.57 Å². The summed E-state index contributed by atoms with van der Waals surface area (Å²) in [7, 11) is 0. The van der Waals surface area contributed by atoms with Gasteiger partial charge in [-0.15, -0.1) is 0 Å². The van der Waals surface area contributed by atoms with Crippen LogP contribution < -0.4 is 5.32 Å². The Hall–Kier alpha value is -1.05. The number of nitrogens with zero attached hydrogens (tertiary/aromatic N) is 1. The van der Waals surface area contributed by atoms with Gasteiger partial charge in [0.05, 0.1) is 10.7 Å². The van der Waals surface area contributed by atoms with Gasteiger partial charge >= 0.3 is 5.97 Å². The van der Waals surface area contributed by atoms with Crippen LogP contribution in [0.4, 0.5) is 11.5 Å². The monoisotopic (exact) mass is 408 g/mol. The van der Waals surface area contributed by atoms with E-state index in [4.69, 9.17) is 28.3 Å². The van der Waals surface area contributed by atoms with E-state index in [9.17, 15) is 4.79 Å². The molecule has 0 bridgehead atoms. The number of aromatic carboxylic acids is 1. The maximum Gasteiger partial charge on any atom is 0.339 e. The molecule has 0 radical (unpaired) electrons. The Morgan fingerprint density at radius 3 is 2.68 bits per heavy atom. The largest absolute Gasteiger partial charge is 0.478 e. The van der Waals surface area contributed by atoms with Crippen molar-refractivity contribution >= 4 is 63.3 Å². The van der Waals surface area contributed by atoms with Crippen LogP contribution in [0.3, 0.4) is 0 Å². The van der Waals surface area contributed by atoms with E-state index in [-0.39, 0.29) is 16.5 Å². The maximum atomic E-state index is 11.1. The smallest absolute Gasteiger partial charge is 0.339 e. The zero-order valence-electron chi connectivity index (χ0n) is 9.32. The number of halogens is 3. The average Bonchev–Trinajstić information content (AvgIpc) is 2.33. The third-order valence-corrected chi connectivity index (χ3v) is 3.48. The first-order chi connectivity index (χ1) is 8.97. The molecule has 0 unspecified atom stereocenters. The van der Waals surface area contributed by atoms with Crippen LogP contribution in [0.2, 0.25) is 10.2 Å². The number of carboxylic acid groups (broad SMARTS) is 1. The van der Waals surface area contributed by atoms with Crippen LogP contribution in [-0.2, 0) is 0 Å². The molecule has 0 fully saturated rings. The van der Waals surface area contributed by atoms with Gasteiger partial charge in [0.2, 0.25) is 0 Å². The number of benzene rings is 1. The fourth-order valence-electron chi connectivity index (χ4n) is 1.42. The first-order valence-corrected chi connectivity index (χ1v) is 6.93. The summed E-state index contributed by atoms with van der Waals surface area (Å²) in [5.41, 5.74) is 0.602. The van der Waals surface area contributed by atoms with E-state index in [2.05, 4.69) is 32.9 Å². The van der Waals surface area contributed by atoms with Crippen LogP contribution >= 0.6 is 45.8 Å². The van der Waals surface area contributed by atoms with Gasteiger partial charge < -0.3 is 10.4 Å². The van der Waals surface area contributed by atoms with Gasteiger partial charge in [-0.25, -0.2) is 9.78 Å². The standard InChI is InChI=1S/C12H7Cl2IN2O2/c13-8-3-1-6(15)5-9(8)16-11-7(12(18)19)2-4-10(14)17-11/h1-5H,(H,16,17)(H,18,19). The number of nitrogens with one attached hydrogen (secondary N) is 1. The van der Waals surface area contributed by atoms with Crippen molar-refractivity contribution in [3.05, 3.63) is 49.6 Å². The van der Waals surface area contributed by atoms with E-state index >= 15 is 0 Å². The molecule has 0 aliphatic heterocycles. The quantitative estimate of drug-likeness (QED) is 0.582. The number of carboxylic acids is 1. The second-order valence-electron chi connectivity index (χ2n) is 3.58. The first kappa shape index (κ1) is 14.4. The topological polar surface area (TPSA) is 62.2 Å². The number of pyridine rings is 1. The third kappa shape index (κ3) is 3.49. The number of hydrogen-bond acceptors (Lipinski definition) is 3. The average molecular weight is 409 g/mol. The normalized spacial score (nSPS) is 10.3. The molecule has 2 rings (SSSR count). The summed E-state index contributed by atoms with van der Waals surface area (Å²) in [5, 5.41) is 12.7. The highest BCUT2D eigenvalue weighted by molar-refractivity contribution is 14.1. The molecule has 0 atom stereocenters. The molecule has 7 heteroatoms. The van der Waals surface area contributed by atoms with Crippen molar-refractivity contribution in [3.8, 4) is 0 Å². The Balaban J connectivity index is 2.45. The van der Waals surface area contributed by atoms with Crippen LogP contribution in [0.5, 0.6) is 0 Å². The van der Waals surface area contributed by atoms with Gasteiger partial charge in [0.25, 0.3) is 0 Å². The molecule has 19 heavy (non-hydrogen) atoms. The summed E-state index contributed by atoms with van der Waals surface area (Å²) in [6.07, 6.45) is 0. The van der Waals surface area contributed by atoms with E-state index < -0.39 is 5.97 Å². The van der Waals surface area contributed by atoms with Crippen LogP contribution in [0.15, 0.2) is 30.3 Å². The van der Waals surface area contributed by atoms with Gasteiger partial charge in [-0.05, 0) is 52.9 Å². The van der Waals surface area contributed by atoms with Gasteiger partial charge in [-0.1, -0.05) is 23.2 Å². The molecule has 0 saturated heterocycles. The summed E-state index contributed by atoms with van der Waals surface area (Å²) in [6.45, 7) is 0. The molecule has 0 aliphatic carbocycles. The minimum absolute atomic E-state index is 0.0272. The molecule has 0 saturated carbocycles. The Bertz CT molecular complexity index is 650. The Kier molecular flexibility index (Phi) is 4.49. The predicted octanol–water partition coefficient (Wildman–Crippen LogP) is 4.43. The number of hydrogen-bond donors (Lipinski definition) is 2. The zero-order chi connectivity index (χ0) is 14.0. The molecule has 1 aromatic heterocycles. The Labute approximate surface area is 132 Å². The highest BCUT2D eigenvalue weighted by Crippen LogP contribution is 2.28. The van der Waals surface area contributed by atoms with Crippen molar-refractivity contribution in [1.82, 2.24) is 4.98 Å². The minimum Gasteiger partial charge on any atom is -0.478 e. The summed E-state index contributed by atoms with van der Waals surface area (Å²) in [5.74, 6) is -0.933. The molecule has 1 heterocycles. The summed E-state index contributed by atoms with van der Waals surface area (Å²) in [6, 6.07) is 8.17. The van der Waals surface area contributed by atoms with Crippen molar-refractivity contribution in [2.24, 2.45) is 0 Å². The Morgan fingerprint density at radius 1 is 1.26 bits per heavy atom. The van der Waals surface area contributed by atoms with Crippen molar-refractivity contribution in [2.75, 3.05) is 5.32 Å². The highest BCUT2D eigenvalue weighted by Gasteiger charge is 2.13. The molecule has 4 nitrogen and oxygen atoms in total. The van der Waals surface area contributed by atoms with Crippen LogP contribution in [0, 0.1) is 3.57 Å². The SMILES string of the molecule is O=C(O)c1ccc(Cl)nc1Nc1cc(I)ccc1Cl. The van der Waals surface area contributed by atoms with Gasteiger partial charge in [0.15, 0.2) is 0 Å². The third-order valence-electron chi connectivity index (χ3n) is 2.27. The van der Waals surface area contributed by atoms with Crippen LogP contribution in [0.1, 0.15) is 10.4 Å². The van der Waals surface area contributed by atoms with Crippen molar-refractivity contribution < 1.29 is 9.90 Å². The zero-order valence-corrected chi connectivity index (χ0v) is 13.0. The molecule has 0 amide bonds. The lowest BCUT2D eigenvalue weighted by molar-refractivity contribution is 0.0697. The lowest BCUT2D eigenvalue weighted by Gasteiger charge is -2.10. The van der Waals surface area contributed by atoms with E-state index in [1.165, 1.54) is 12.1 Å². The van der Waals surface area contributed by atoms with Crippen molar-refractivity contribution in [1.29, 1.82) is 0 Å². The Morgan fingerprint density at radius 2 is 2.00 bits per heavy atom.